The van der Waals surface area contributed by atoms with Gasteiger partial charge in [0.25, 0.3) is 5.91 Å². The van der Waals surface area contributed by atoms with Crippen LogP contribution in [0.15, 0.2) is 23.2 Å². The van der Waals surface area contributed by atoms with Crippen molar-refractivity contribution in [2.24, 2.45) is 4.99 Å². The molecule has 2 unspecified atom stereocenters. The number of piperazine rings is 1. The van der Waals surface area contributed by atoms with Crippen LogP contribution in [0.25, 0.3) is 0 Å². The Labute approximate surface area is 186 Å². The molecule has 0 aromatic heterocycles. The van der Waals surface area contributed by atoms with E-state index in [0.717, 1.165) is 50.7 Å². The number of imide groups is 1. The first-order valence-corrected chi connectivity index (χ1v) is 11.0. The van der Waals surface area contributed by atoms with Gasteiger partial charge in [-0.15, -0.1) is 0 Å². The van der Waals surface area contributed by atoms with Gasteiger partial charge in [0.15, 0.2) is 18.2 Å². The molecule has 2 saturated heterocycles. The van der Waals surface area contributed by atoms with E-state index in [9.17, 15) is 9.59 Å². The van der Waals surface area contributed by atoms with E-state index in [0.29, 0.717) is 16.6 Å². The molecule has 1 aromatic rings. The summed E-state index contributed by atoms with van der Waals surface area (Å²) in [5, 5.41) is 3.54. The van der Waals surface area contributed by atoms with Gasteiger partial charge in [-0.25, -0.2) is 9.79 Å². The average Bonchev–Trinajstić information content (AvgIpc) is 3.09. The van der Waals surface area contributed by atoms with Crippen molar-refractivity contribution in [1.82, 2.24) is 24.9 Å². The van der Waals surface area contributed by atoms with E-state index < -0.39 is 18.2 Å². The van der Waals surface area contributed by atoms with E-state index in [2.05, 4.69) is 22.0 Å². The van der Waals surface area contributed by atoms with Crippen LogP contribution in [0.4, 0.5) is 4.79 Å². The number of fused-ring (bicyclic) bond motifs is 1. The molecule has 1 aromatic carbocycles. The fraction of sp³-hybridized carbons (Fsp3) is 0.550. The lowest BCUT2D eigenvalue weighted by molar-refractivity contribution is -0.127. The molecule has 4 rings (SSSR count). The number of aliphatic imine (C=N–C) groups is 1. The molecular formula is C20H26Cl2N6O2. The highest BCUT2D eigenvalue weighted by Crippen LogP contribution is 2.30. The fourth-order valence-electron chi connectivity index (χ4n) is 4.26. The maximum Gasteiger partial charge on any atom is 0.325 e. The van der Waals surface area contributed by atoms with Crippen LogP contribution in [0.3, 0.4) is 0 Å². The Morgan fingerprint density at radius 3 is 2.57 bits per heavy atom. The molecule has 0 spiro atoms. The lowest BCUT2D eigenvalue weighted by Gasteiger charge is -2.40. The Morgan fingerprint density at radius 1 is 1.17 bits per heavy atom. The number of carbonyl (C=O) groups excluding carboxylic acids is 2. The number of amides is 3. The van der Waals surface area contributed by atoms with Crippen LogP contribution in [-0.2, 0) is 11.3 Å². The van der Waals surface area contributed by atoms with Crippen LogP contribution in [0, 0.1) is 0 Å². The normalized spacial score (nSPS) is 24.8. The summed E-state index contributed by atoms with van der Waals surface area (Å²) >= 11 is 12.5. The molecular weight excluding hydrogens is 427 g/mol. The smallest absolute Gasteiger partial charge is 0.325 e. The Morgan fingerprint density at radius 2 is 1.90 bits per heavy atom. The van der Waals surface area contributed by atoms with E-state index in [1.54, 1.807) is 19.2 Å². The number of halogens is 2. The molecule has 8 nitrogen and oxygen atoms in total. The summed E-state index contributed by atoms with van der Waals surface area (Å²) in [6, 6.07) is 4.33. The molecule has 3 aliphatic rings. The summed E-state index contributed by atoms with van der Waals surface area (Å²) < 4.78 is 0. The number of benzene rings is 1. The van der Waals surface area contributed by atoms with Gasteiger partial charge in [-0.3, -0.25) is 15.0 Å². The summed E-state index contributed by atoms with van der Waals surface area (Å²) in [5.74, 6) is 0.403. The average molecular weight is 453 g/mol. The number of carbonyl (C=O) groups is 2. The minimum absolute atomic E-state index is 0.337. The van der Waals surface area contributed by atoms with Gasteiger partial charge in [-0.2, -0.15) is 0 Å². The SMILES string of the molecule is CCCN1CCN(C2=NC3C(C(=O)NC(=O)N3C)N2Cc2ccc(Cl)cc2Cl)CC1. The minimum atomic E-state index is -0.594. The maximum absolute atomic E-state index is 12.8. The standard InChI is InChI=1S/C20H26Cl2N6O2/c1-3-6-26-7-9-27(10-8-26)19-23-17-16(18(29)24-20(30)25(17)2)28(19)12-13-4-5-14(21)11-15(13)22/h4-5,11,16-17H,3,6-10,12H2,1-2H3,(H,24,29,30). The van der Waals surface area contributed by atoms with Crippen LogP contribution in [0.5, 0.6) is 0 Å². The molecule has 3 amide bonds. The Bertz CT molecular complexity index is 871. The lowest BCUT2D eigenvalue weighted by Crippen LogP contribution is -2.64. The van der Waals surface area contributed by atoms with Crippen LogP contribution in [-0.4, -0.2) is 89.5 Å². The van der Waals surface area contributed by atoms with Gasteiger partial charge in [0.2, 0.25) is 0 Å². The van der Waals surface area contributed by atoms with Crippen molar-refractivity contribution in [3.8, 4) is 0 Å². The zero-order chi connectivity index (χ0) is 21.4. The first kappa shape index (κ1) is 21.2. The molecule has 162 valence electrons. The van der Waals surface area contributed by atoms with Gasteiger partial charge in [-0.1, -0.05) is 36.2 Å². The van der Waals surface area contributed by atoms with Crippen molar-refractivity contribution in [2.45, 2.75) is 32.1 Å². The summed E-state index contributed by atoms with van der Waals surface area (Å²) in [4.78, 5) is 37.9. The second kappa shape index (κ2) is 8.61. The van der Waals surface area contributed by atoms with Gasteiger partial charge in [0.05, 0.1) is 0 Å². The number of likely N-dealkylation sites (N-methyl/N-ethyl adjacent to an activating group) is 1. The van der Waals surface area contributed by atoms with Crippen molar-refractivity contribution >= 4 is 41.1 Å². The molecule has 2 atom stereocenters. The molecule has 2 fully saturated rings. The van der Waals surface area contributed by atoms with Crippen molar-refractivity contribution in [3.05, 3.63) is 33.8 Å². The van der Waals surface area contributed by atoms with Crippen LogP contribution < -0.4 is 5.32 Å². The van der Waals surface area contributed by atoms with E-state index >= 15 is 0 Å². The molecule has 30 heavy (non-hydrogen) atoms. The predicted octanol–water partition coefficient (Wildman–Crippen LogP) is 2.07. The van der Waals surface area contributed by atoms with Gasteiger partial charge in [-0.05, 0) is 30.7 Å². The number of rotatable bonds is 4. The first-order chi connectivity index (χ1) is 14.4. The molecule has 10 heteroatoms. The quantitative estimate of drug-likeness (QED) is 0.756. The largest absolute Gasteiger partial charge is 0.340 e. The van der Waals surface area contributed by atoms with Crippen molar-refractivity contribution < 1.29 is 9.59 Å². The first-order valence-electron chi connectivity index (χ1n) is 10.2. The Kier molecular flexibility index (Phi) is 6.09. The molecule has 0 aliphatic carbocycles. The number of nitrogens with zero attached hydrogens (tertiary/aromatic N) is 5. The molecule has 0 bridgehead atoms. The Balaban J connectivity index is 1.63. The molecule has 3 heterocycles. The maximum atomic E-state index is 12.8. The minimum Gasteiger partial charge on any atom is -0.340 e. The summed E-state index contributed by atoms with van der Waals surface area (Å²) in [6.45, 7) is 7.19. The molecule has 0 saturated carbocycles. The van der Waals surface area contributed by atoms with Gasteiger partial charge in [0, 0.05) is 49.8 Å². The fourth-order valence-corrected chi connectivity index (χ4v) is 4.73. The van der Waals surface area contributed by atoms with E-state index in [1.807, 2.05) is 11.0 Å². The number of nitrogens with one attached hydrogen (secondary N) is 1. The number of hydrogen-bond acceptors (Lipinski definition) is 6. The zero-order valence-electron chi connectivity index (χ0n) is 17.1. The van der Waals surface area contributed by atoms with Crippen LogP contribution in [0.1, 0.15) is 18.9 Å². The van der Waals surface area contributed by atoms with Gasteiger partial charge >= 0.3 is 6.03 Å². The second-order valence-corrected chi connectivity index (χ2v) is 8.73. The van der Waals surface area contributed by atoms with Crippen molar-refractivity contribution in [1.29, 1.82) is 0 Å². The topological polar surface area (TPSA) is 71.5 Å². The highest BCUT2D eigenvalue weighted by atomic mass is 35.5. The molecule has 1 N–H and O–H groups in total. The number of urea groups is 1. The molecule has 3 aliphatic heterocycles. The van der Waals surface area contributed by atoms with E-state index in [-0.39, 0.29) is 5.91 Å². The van der Waals surface area contributed by atoms with Crippen LogP contribution >= 0.6 is 23.2 Å². The van der Waals surface area contributed by atoms with Crippen LogP contribution in [0.2, 0.25) is 10.0 Å². The third-order valence-electron chi connectivity index (χ3n) is 5.89. The lowest BCUT2D eigenvalue weighted by atomic mass is 10.1. The number of guanidine groups is 1. The zero-order valence-corrected chi connectivity index (χ0v) is 18.7. The summed E-state index contributed by atoms with van der Waals surface area (Å²) in [6.07, 6.45) is 0.570. The third kappa shape index (κ3) is 3.96. The molecule has 0 radical (unpaired) electrons. The van der Waals surface area contributed by atoms with Gasteiger partial charge < -0.3 is 14.7 Å². The van der Waals surface area contributed by atoms with Gasteiger partial charge in [0.1, 0.15) is 0 Å². The predicted molar refractivity (Wildman–Crippen MR) is 117 cm³/mol. The van der Waals surface area contributed by atoms with Crippen molar-refractivity contribution in [3.63, 3.8) is 0 Å². The third-order valence-corrected chi connectivity index (χ3v) is 6.48. The van der Waals surface area contributed by atoms with Crippen molar-refractivity contribution in [2.75, 3.05) is 39.8 Å². The second-order valence-electron chi connectivity index (χ2n) is 7.89. The van der Waals surface area contributed by atoms with E-state index in [1.165, 1.54) is 4.90 Å². The monoisotopic (exact) mass is 452 g/mol. The van der Waals surface area contributed by atoms with E-state index in [4.69, 9.17) is 28.2 Å². The Hall–Kier alpha value is -2.03. The highest BCUT2D eigenvalue weighted by molar-refractivity contribution is 6.35. The highest BCUT2D eigenvalue weighted by Gasteiger charge is 2.49. The summed E-state index contributed by atoms with van der Waals surface area (Å²) in [7, 11) is 1.67. The summed E-state index contributed by atoms with van der Waals surface area (Å²) in [5.41, 5.74) is 0.853. The number of hydrogen-bond donors (Lipinski definition) is 1.